The van der Waals surface area contributed by atoms with Gasteiger partial charge >= 0.3 is 6.03 Å². The Morgan fingerprint density at radius 2 is 2.07 bits per heavy atom. The summed E-state index contributed by atoms with van der Waals surface area (Å²) in [6.07, 6.45) is 9.78. The number of carbonyl (C=O) groups excluding carboxylic acids is 1. The second-order valence-corrected chi connectivity index (χ2v) is 7.38. The van der Waals surface area contributed by atoms with E-state index < -0.39 is 0 Å². The summed E-state index contributed by atoms with van der Waals surface area (Å²) < 4.78 is 5.77. The average molecular weight is 381 g/mol. The van der Waals surface area contributed by atoms with Crippen LogP contribution in [0, 0.1) is 0 Å². The minimum absolute atomic E-state index is 0.0920. The van der Waals surface area contributed by atoms with E-state index in [9.17, 15) is 4.79 Å². The van der Waals surface area contributed by atoms with Crippen LogP contribution < -0.4 is 10.2 Å². The molecule has 7 nitrogen and oxygen atoms in total. The molecule has 4 rings (SSSR count). The summed E-state index contributed by atoms with van der Waals surface area (Å²) in [6, 6.07) is 7.54. The Balaban J connectivity index is 1.50. The van der Waals surface area contributed by atoms with E-state index >= 15 is 0 Å². The Morgan fingerprint density at radius 1 is 1.21 bits per heavy atom. The first-order valence-corrected chi connectivity index (χ1v) is 10.1. The van der Waals surface area contributed by atoms with Crippen molar-refractivity contribution in [1.29, 1.82) is 0 Å². The second-order valence-electron chi connectivity index (χ2n) is 7.38. The summed E-state index contributed by atoms with van der Waals surface area (Å²) >= 11 is 0. The Morgan fingerprint density at radius 3 is 2.82 bits per heavy atom. The summed E-state index contributed by atoms with van der Waals surface area (Å²) in [5.41, 5.74) is 1.76. The maximum absolute atomic E-state index is 13.2. The highest BCUT2D eigenvalue weighted by molar-refractivity contribution is 5.92. The molecule has 2 aromatic heterocycles. The van der Waals surface area contributed by atoms with Gasteiger partial charge in [0.2, 0.25) is 0 Å². The van der Waals surface area contributed by atoms with Gasteiger partial charge in [0.1, 0.15) is 0 Å². The summed E-state index contributed by atoms with van der Waals surface area (Å²) in [7, 11) is 0. The summed E-state index contributed by atoms with van der Waals surface area (Å²) in [5.74, 6) is 0.854. The SMILES string of the molecule is O=C(Nc1cccnc1N1CCCC1)N(Cc1cccnc1)C[C@@H]1CCCO1. The molecule has 0 aliphatic carbocycles. The van der Waals surface area contributed by atoms with Crippen molar-refractivity contribution in [3.8, 4) is 0 Å². The van der Waals surface area contributed by atoms with Gasteiger partial charge in [-0.1, -0.05) is 6.07 Å². The van der Waals surface area contributed by atoms with E-state index in [1.165, 1.54) is 0 Å². The normalized spacial score (nSPS) is 19.0. The molecule has 7 heteroatoms. The number of rotatable bonds is 6. The fraction of sp³-hybridized carbons (Fsp3) is 0.476. The van der Waals surface area contributed by atoms with Gasteiger partial charge in [0.15, 0.2) is 5.82 Å². The number of anilines is 2. The van der Waals surface area contributed by atoms with Crippen LogP contribution in [-0.2, 0) is 11.3 Å². The number of amides is 2. The standard InChI is InChI=1S/C21H27N5O2/c27-21(24-19-8-4-10-23-20(19)25-11-1-2-12-25)26(16-18-7-5-13-28-18)15-17-6-3-9-22-14-17/h3-4,6,8-10,14,18H,1-2,5,7,11-13,15-16H2,(H,24,27)/t18-/m0/s1. The topological polar surface area (TPSA) is 70.6 Å². The summed E-state index contributed by atoms with van der Waals surface area (Å²) in [4.78, 5) is 25.9. The van der Waals surface area contributed by atoms with E-state index in [-0.39, 0.29) is 12.1 Å². The highest BCUT2D eigenvalue weighted by atomic mass is 16.5. The van der Waals surface area contributed by atoms with Gasteiger partial charge in [0, 0.05) is 51.4 Å². The summed E-state index contributed by atoms with van der Waals surface area (Å²) in [6.45, 7) is 3.80. The molecule has 1 N–H and O–H groups in total. The smallest absolute Gasteiger partial charge is 0.322 e. The molecule has 1 atom stereocenters. The first kappa shape index (κ1) is 18.7. The van der Waals surface area contributed by atoms with Gasteiger partial charge < -0.3 is 19.9 Å². The van der Waals surface area contributed by atoms with Crippen molar-refractivity contribution in [3.05, 3.63) is 48.4 Å². The fourth-order valence-corrected chi connectivity index (χ4v) is 3.84. The predicted octanol–water partition coefficient (Wildman–Crippen LogP) is 3.29. The van der Waals surface area contributed by atoms with Crippen LogP contribution in [0.15, 0.2) is 42.9 Å². The van der Waals surface area contributed by atoms with Crippen molar-refractivity contribution in [2.45, 2.75) is 38.3 Å². The zero-order valence-corrected chi connectivity index (χ0v) is 16.1. The molecule has 0 unspecified atom stereocenters. The van der Waals surface area contributed by atoms with Gasteiger partial charge in [0.05, 0.1) is 11.8 Å². The van der Waals surface area contributed by atoms with Gasteiger partial charge in [-0.05, 0) is 49.4 Å². The molecule has 28 heavy (non-hydrogen) atoms. The van der Waals surface area contributed by atoms with Gasteiger partial charge in [-0.25, -0.2) is 9.78 Å². The number of nitrogens with zero attached hydrogens (tertiary/aromatic N) is 4. The molecule has 0 radical (unpaired) electrons. The van der Waals surface area contributed by atoms with Crippen molar-refractivity contribution >= 4 is 17.5 Å². The first-order chi connectivity index (χ1) is 13.8. The predicted molar refractivity (Wildman–Crippen MR) is 108 cm³/mol. The van der Waals surface area contributed by atoms with Crippen molar-refractivity contribution in [1.82, 2.24) is 14.9 Å². The first-order valence-electron chi connectivity index (χ1n) is 10.1. The molecule has 2 aliphatic heterocycles. The molecule has 0 saturated carbocycles. The number of aromatic nitrogens is 2. The lowest BCUT2D eigenvalue weighted by atomic mass is 10.2. The van der Waals surface area contributed by atoms with Gasteiger partial charge in [-0.3, -0.25) is 4.98 Å². The van der Waals surface area contributed by atoms with Crippen LogP contribution in [0.3, 0.4) is 0 Å². The number of urea groups is 1. The molecule has 2 amide bonds. The van der Waals surface area contributed by atoms with Crippen molar-refractivity contribution < 1.29 is 9.53 Å². The fourth-order valence-electron chi connectivity index (χ4n) is 3.84. The monoisotopic (exact) mass is 381 g/mol. The Bertz CT molecular complexity index is 773. The van der Waals surface area contributed by atoms with Gasteiger partial charge in [-0.2, -0.15) is 0 Å². The maximum atomic E-state index is 13.2. The Labute approximate surface area is 165 Å². The molecule has 2 aromatic rings. The number of ether oxygens (including phenoxy) is 1. The van der Waals surface area contributed by atoms with Crippen LogP contribution in [0.25, 0.3) is 0 Å². The molecule has 2 fully saturated rings. The average Bonchev–Trinajstić information content (AvgIpc) is 3.43. The Kier molecular flexibility index (Phi) is 6.01. The molecule has 148 valence electrons. The van der Waals surface area contributed by atoms with Gasteiger partial charge in [0.25, 0.3) is 0 Å². The van der Waals surface area contributed by atoms with Gasteiger partial charge in [-0.15, -0.1) is 0 Å². The van der Waals surface area contributed by atoms with E-state index in [0.29, 0.717) is 13.1 Å². The van der Waals surface area contributed by atoms with E-state index in [0.717, 1.165) is 62.4 Å². The summed E-state index contributed by atoms with van der Waals surface area (Å²) in [5, 5.41) is 3.09. The molecular formula is C21H27N5O2. The Hall–Kier alpha value is -2.67. The zero-order valence-electron chi connectivity index (χ0n) is 16.1. The third-order valence-corrected chi connectivity index (χ3v) is 5.27. The molecular weight excluding hydrogens is 354 g/mol. The van der Waals surface area contributed by atoms with E-state index in [1.54, 1.807) is 18.6 Å². The quantitative estimate of drug-likeness (QED) is 0.831. The third kappa shape index (κ3) is 4.59. The number of pyridine rings is 2. The molecule has 4 heterocycles. The molecule has 2 saturated heterocycles. The minimum Gasteiger partial charge on any atom is -0.376 e. The second kappa shape index (κ2) is 9.01. The lowest BCUT2D eigenvalue weighted by molar-refractivity contribution is 0.0819. The van der Waals surface area contributed by atoms with Crippen LogP contribution in [0.5, 0.6) is 0 Å². The lowest BCUT2D eigenvalue weighted by Crippen LogP contribution is -2.40. The van der Waals surface area contributed by atoms with Crippen LogP contribution in [-0.4, -0.2) is 53.2 Å². The van der Waals surface area contributed by atoms with Crippen molar-refractivity contribution in [2.24, 2.45) is 0 Å². The minimum atomic E-state index is -0.132. The van der Waals surface area contributed by atoms with Crippen LogP contribution in [0.2, 0.25) is 0 Å². The number of nitrogens with one attached hydrogen (secondary N) is 1. The van der Waals surface area contributed by atoms with E-state index in [1.807, 2.05) is 29.2 Å². The van der Waals surface area contributed by atoms with Crippen LogP contribution in [0.4, 0.5) is 16.3 Å². The molecule has 0 bridgehead atoms. The number of hydrogen-bond donors (Lipinski definition) is 1. The van der Waals surface area contributed by atoms with E-state index in [4.69, 9.17) is 4.74 Å². The molecule has 0 aromatic carbocycles. The number of hydrogen-bond acceptors (Lipinski definition) is 5. The van der Waals surface area contributed by atoms with Crippen molar-refractivity contribution in [3.63, 3.8) is 0 Å². The number of carbonyl (C=O) groups is 1. The zero-order chi connectivity index (χ0) is 19.2. The van der Waals surface area contributed by atoms with Crippen molar-refractivity contribution in [2.75, 3.05) is 36.5 Å². The van der Waals surface area contributed by atoms with Crippen LogP contribution in [0.1, 0.15) is 31.2 Å². The van der Waals surface area contributed by atoms with E-state index in [2.05, 4.69) is 20.2 Å². The molecule has 2 aliphatic rings. The third-order valence-electron chi connectivity index (χ3n) is 5.27. The maximum Gasteiger partial charge on any atom is 0.322 e. The highest BCUT2D eigenvalue weighted by Crippen LogP contribution is 2.26. The molecule has 0 spiro atoms. The van der Waals surface area contributed by atoms with Crippen LogP contribution >= 0.6 is 0 Å². The lowest BCUT2D eigenvalue weighted by Gasteiger charge is -2.27. The largest absolute Gasteiger partial charge is 0.376 e. The highest BCUT2D eigenvalue weighted by Gasteiger charge is 2.24.